The van der Waals surface area contributed by atoms with E-state index in [9.17, 15) is 5.11 Å². The van der Waals surface area contributed by atoms with Crippen LogP contribution in [0.2, 0.25) is 0 Å². The number of aromatic nitrogens is 1. The number of aliphatic hydroxyl groups excluding tert-OH is 1. The number of methoxy groups -OCH3 is 1. The van der Waals surface area contributed by atoms with Gasteiger partial charge >= 0.3 is 0 Å². The quantitative estimate of drug-likeness (QED) is 0.877. The van der Waals surface area contributed by atoms with Crippen LogP contribution in [-0.4, -0.2) is 17.2 Å². The maximum absolute atomic E-state index is 9.25. The molecule has 0 atom stereocenters. The summed E-state index contributed by atoms with van der Waals surface area (Å²) in [7, 11) is 1.60. The van der Waals surface area contributed by atoms with Crippen molar-refractivity contribution in [1.29, 1.82) is 0 Å². The highest BCUT2D eigenvalue weighted by Gasteiger charge is 2.05. The van der Waals surface area contributed by atoms with Crippen LogP contribution < -0.4 is 9.47 Å². The minimum atomic E-state index is -0.0631. The van der Waals surface area contributed by atoms with Crippen molar-refractivity contribution >= 4 is 0 Å². The molecule has 1 N–H and O–H groups in total. The number of ether oxygens (including phenoxy) is 2. The second-order valence-corrected chi connectivity index (χ2v) is 3.78. The normalized spacial score (nSPS) is 10.1. The van der Waals surface area contributed by atoms with E-state index >= 15 is 0 Å². The van der Waals surface area contributed by atoms with Crippen LogP contribution in [0.3, 0.4) is 0 Å². The Labute approximate surface area is 106 Å². The van der Waals surface area contributed by atoms with E-state index in [-0.39, 0.29) is 6.61 Å². The molecule has 0 amide bonds. The maximum atomic E-state index is 9.25. The molecule has 0 spiro atoms. The fourth-order valence-corrected chi connectivity index (χ4v) is 1.57. The van der Waals surface area contributed by atoms with E-state index in [2.05, 4.69) is 4.98 Å². The van der Waals surface area contributed by atoms with Crippen molar-refractivity contribution < 1.29 is 14.6 Å². The monoisotopic (exact) mass is 245 g/mol. The first kappa shape index (κ1) is 12.4. The number of hydrogen-bond acceptors (Lipinski definition) is 4. The molecule has 0 saturated carbocycles. The molecule has 1 aromatic carbocycles. The summed E-state index contributed by atoms with van der Waals surface area (Å²) in [5.74, 6) is 1.33. The second-order valence-electron chi connectivity index (χ2n) is 3.78. The highest BCUT2D eigenvalue weighted by atomic mass is 16.5. The lowest BCUT2D eigenvalue weighted by Crippen LogP contribution is -1.99. The van der Waals surface area contributed by atoms with Crippen LogP contribution in [0, 0.1) is 0 Å². The molecule has 2 rings (SSSR count). The maximum Gasteiger partial charge on any atom is 0.129 e. The summed E-state index contributed by atoms with van der Waals surface area (Å²) >= 11 is 0. The highest BCUT2D eigenvalue weighted by Crippen LogP contribution is 2.25. The lowest BCUT2D eigenvalue weighted by atomic mass is 10.2. The number of aliphatic hydroxyl groups is 1. The second kappa shape index (κ2) is 6.02. The number of nitrogens with zero attached hydrogens (tertiary/aromatic N) is 1. The van der Waals surface area contributed by atoms with Crippen molar-refractivity contribution in [2.24, 2.45) is 0 Å². The molecule has 1 aromatic heterocycles. The zero-order valence-electron chi connectivity index (χ0n) is 10.2. The van der Waals surface area contributed by atoms with Crippen LogP contribution in [0.4, 0.5) is 0 Å². The van der Waals surface area contributed by atoms with E-state index in [4.69, 9.17) is 9.47 Å². The molecule has 0 aliphatic heterocycles. The van der Waals surface area contributed by atoms with Gasteiger partial charge in [0.2, 0.25) is 0 Å². The molecule has 0 aliphatic rings. The molecule has 2 aromatic rings. The Hall–Kier alpha value is -2.07. The van der Waals surface area contributed by atoms with Gasteiger partial charge in [0.05, 0.1) is 13.7 Å². The van der Waals surface area contributed by atoms with Crippen molar-refractivity contribution in [3.8, 4) is 11.5 Å². The molecule has 0 bridgehead atoms. The van der Waals surface area contributed by atoms with Gasteiger partial charge in [-0.25, -0.2) is 0 Å². The van der Waals surface area contributed by atoms with Crippen LogP contribution in [-0.2, 0) is 13.2 Å². The zero-order valence-corrected chi connectivity index (χ0v) is 10.2. The van der Waals surface area contributed by atoms with Crippen molar-refractivity contribution in [2.45, 2.75) is 13.2 Å². The van der Waals surface area contributed by atoms with Gasteiger partial charge in [-0.3, -0.25) is 4.98 Å². The predicted octanol–water partition coefficient (Wildman–Crippen LogP) is 2.16. The van der Waals surface area contributed by atoms with Crippen molar-refractivity contribution in [3.63, 3.8) is 0 Å². The Morgan fingerprint density at radius 1 is 1.28 bits per heavy atom. The van der Waals surface area contributed by atoms with Crippen LogP contribution in [0.5, 0.6) is 11.5 Å². The van der Waals surface area contributed by atoms with Gasteiger partial charge in [0.25, 0.3) is 0 Å². The minimum absolute atomic E-state index is 0.0631. The number of hydrogen-bond donors (Lipinski definition) is 1. The molecule has 94 valence electrons. The third-order valence-corrected chi connectivity index (χ3v) is 2.56. The van der Waals surface area contributed by atoms with Gasteiger partial charge in [-0.05, 0) is 18.2 Å². The fraction of sp³-hybridized carbons (Fsp3) is 0.214. The number of pyridine rings is 1. The van der Waals surface area contributed by atoms with E-state index in [1.165, 1.54) is 0 Å². The third kappa shape index (κ3) is 2.99. The molecular formula is C14H15NO3. The van der Waals surface area contributed by atoms with Crippen molar-refractivity contribution in [1.82, 2.24) is 4.98 Å². The summed E-state index contributed by atoms with van der Waals surface area (Å²) in [4.78, 5) is 4.02. The van der Waals surface area contributed by atoms with Gasteiger partial charge in [-0.1, -0.05) is 6.07 Å². The van der Waals surface area contributed by atoms with Gasteiger partial charge in [-0.15, -0.1) is 0 Å². The molecule has 18 heavy (non-hydrogen) atoms. The third-order valence-electron chi connectivity index (χ3n) is 2.56. The fourth-order valence-electron chi connectivity index (χ4n) is 1.57. The van der Waals surface area contributed by atoms with Gasteiger partial charge in [0.1, 0.15) is 18.1 Å². The van der Waals surface area contributed by atoms with Crippen LogP contribution in [0.1, 0.15) is 11.1 Å². The lowest BCUT2D eigenvalue weighted by Gasteiger charge is -2.11. The average Bonchev–Trinajstić information content (AvgIpc) is 2.45. The first-order chi connectivity index (χ1) is 8.83. The SMILES string of the molecule is COc1ccc(CO)c(OCc2cccnc2)c1. The average molecular weight is 245 g/mol. The van der Waals surface area contributed by atoms with Crippen molar-refractivity contribution in [3.05, 3.63) is 53.9 Å². The molecule has 0 saturated heterocycles. The molecule has 0 aliphatic carbocycles. The summed E-state index contributed by atoms with van der Waals surface area (Å²) in [6, 6.07) is 9.14. The molecule has 4 nitrogen and oxygen atoms in total. The molecular weight excluding hydrogens is 230 g/mol. The molecule has 0 radical (unpaired) electrons. The first-order valence-electron chi connectivity index (χ1n) is 5.63. The van der Waals surface area contributed by atoms with Crippen LogP contribution in [0.25, 0.3) is 0 Å². The van der Waals surface area contributed by atoms with Gasteiger partial charge in [0.15, 0.2) is 0 Å². The molecule has 0 fully saturated rings. The summed E-state index contributed by atoms with van der Waals surface area (Å²) < 4.78 is 10.8. The Morgan fingerprint density at radius 2 is 2.17 bits per heavy atom. The Bertz CT molecular complexity index is 500. The van der Waals surface area contributed by atoms with E-state index in [0.29, 0.717) is 18.1 Å². The minimum Gasteiger partial charge on any atom is -0.497 e. The summed E-state index contributed by atoms with van der Waals surface area (Å²) in [6.07, 6.45) is 3.47. The predicted molar refractivity (Wildman–Crippen MR) is 67.5 cm³/mol. The summed E-state index contributed by atoms with van der Waals surface area (Å²) in [6.45, 7) is 0.348. The molecule has 0 unspecified atom stereocenters. The van der Waals surface area contributed by atoms with Gasteiger partial charge in [-0.2, -0.15) is 0 Å². The first-order valence-corrected chi connectivity index (χ1v) is 5.63. The largest absolute Gasteiger partial charge is 0.497 e. The summed E-state index contributed by atoms with van der Waals surface area (Å²) in [5.41, 5.74) is 1.71. The Balaban J connectivity index is 2.12. The zero-order chi connectivity index (χ0) is 12.8. The van der Waals surface area contributed by atoms with Crippen LogP contribution in [0.15, 0.2) is 42.7 Å². The number of rotatable bonds is 5. The van der Waals surface area contributed by atoms with Crippen molar-refractivity contribution in [2.75, 3.05) is 7.11 Å². The highest BCUT2D eigenvalue weighted by molar-refractivity contribution is 5.40. The van der Waals surface area contributed by atoms with E-state index < -0.39 is 0 Å². The molecule has 1 heterocycles. The van der Waals surface area contributed by atoms with Gasteiger partial charge < -0.3 is 14.6 Å². The Kier molecular flexibility index (Phi) is 4.15. The summed E-state index contributed by atoms with van der Waals surface area (Å²) in [5, 5.41) is 9.25. The van der Waals surface area contributed by atoms with E-state index in [0.717, 1.165) is 11.1 Å². The lowest BCUT2D eigenvalue weighted by molar-refractivity contribution is 0.258. The number of benzene rings is 1. The Morgan fingerprint density at radius 3 is 2.83 bits per heavy atom. The standard InChI is InChI=1S/C14H15NO3/c1-17-13-5-4-12(9-16)14(7-13)18-10-11-3-2-6-15-8-11/h2-8,16H,9-10H2,1H3. The van der Waals surface area contributed by atoms with E-state index in [1.54, 1.807) is 37.7 Å². The van der Waals surface area contributed by atoms with Crippen LogP contribution >= 0.6 is 0 Å². The topological polar surface area (TPSA) is 51.6 Å². The smallest absolute Gasteiger partial charge is 0.129 e. The van der Waals surface area contributed by atoms with Gasteiger partial charge in [0, 0.05) is 29.6 Å². The molecule has 4 heteroatoms. The van der Waals surface area contributed by atoms with E-state index in [1.807, 2.05) is 12.1 Å².